The summed E-state index contributed by atoms with van der Waals surface area (Å²) in [5.41, 5.74) is 5.13. The highest BCUT2D eigenvalue weighted by atomic mass is 79.9. The Balaban J connectivity index is 1.71. The molecular weight excluding hydrogens is 554 g/mol. The zero-order chi connectivity index (χ0) is 20.3. The number of carbonyl (C=O) groups is 1. The number of hydrogen-bond acceptors (Lipinski definition) is 4. The van der Waals surface area contributed by atoms with Crippen molar-refractivity contribution >= 4 is 76.6 Å². The van der Waals surface area contributed by atoms with E-state index < -0.39 is 5.91 Å². The summed E-state index contributed by atoms with van der Waals surface area (Å²) in [5.74, 6) is -0.210. The van der Waals surface area contributed by atoms with Crippen LogP contribution in [0.25, 0.3) is 11.0 Å². The molecule has 0 saturated carbocycles. The molecule has 0 radical (unpaired) electrons. The van der Waals surface area contributed by atoms with Crippen molar-refractivity contribution in [2.75, 3.05) is 18.0 Å². The van der Waals surface area contributed by atoms with Gasteiger partial charge in [0.25, 0.3) is 0 Å². The van der Waals surface area contributed by atoms with Crippen LogP contribution in [0.2, 0.25) is 0 Å². The number of amides is 1. The lowest BCUT2D eigenvalue weighted by Crippen LogP contribution is -2.22. The Morgan fingerprint density at radius 1 is 1.11 bits per heavy atom. The summed E-state index contributed by atoms with van der Waals surface area (Å²) in [6.07, 6.45) is 1.60. The van der Waals surface area contributed by atoms with Crippen LogP contribution in [0.3, 0.4) is 0 Å². The number of fused-ring (bicyclic) bond motifs is 1. The monoisotopic (exact) mass is 569 g/mol. The number of carbonyl (C=O) groups excluding carboxylic acids is 1. The fourth-order valence-electron chi connectivity index (χ4n) is 2.83. The predicted molar refractivity (Wildman–Crippen MR) is 124 cm³/mol. The van der Waals surface area contributed by atoms with Gasteiger partial charge in [0.1, 0.15) is 5.58 Å². The minimum Gasteiger partial charge on any atom is -0.450 e. The molecule has 0 unspecified atom stereocenters. The molecule has 1 amide bonds. The van der Waals surface area contributed by atoms with Gasteiger partial charge in [-0.05, 0) is 81.6 Å². The minimum absolute atomic E-state index is 0.198. The minimum atomic E-state index is -0.408. The Labute approximate surface area is 188 Å². The summed E-state index contributed by atoms with van der Waals surface area (Å²) in [6, 6.07) is 11.4. The van der Waals surface area contributed by atoms with Crippen LogP contribution in [-0.4, -0.2) is 25.2 Å². The standard InChI is InChI=1S/C20H18Br3N3O2/c1-3-26(4-2)17-6-5-12(7-15(17)22)11-24-25-20(27)18-9-13-8-14(21)10-16(23)19(13)28-18/h5-11H,3-4H2,1-2H3,(H,25,27)/b24-11-. The first-order valence-corrected chi connectivity index (χ1v) is 11.1. The van der Waals surface area contributed by atoms with Gasteiger partial charge in [-0.15, -0.1) is 0 Å². The van der Waals surface area contributed by atoms with Crippen molar-refractivity contribution in [2.24, 2.45) is 5.10 Å². The molecule has 0 aliphatic heterocycles. The van der Waals surface area contributed by atoms with Gasteiger partial charge in [0.15, 0.2) is 5.76 Å². The number of furan rings is 1. The lowest BCUT2D eigenvalue weighted by Gasteiger charge is -2.22. The number of nitrogens with zero attached hydrogens (tertiary/aromatic N) is 2. The first-order valence-electron chi connectivity index (χ1n) is 8.69. The van der Waals surface area contributed by atoms with E-state index in [9.17, 15) is 4.79 Å². The molecule has 1 aromatic heterocycles. The third kappa shape index (κ3) is 4.67. The van der Waals surface area contributed by atoms with Crippen molar-refractivity contribution in [3.63, 3.8) is 0 Å². The van der Waals surface area contributed by atoms with Gasteiger partial charge in [0, 0.05) is 27.4 Å². The summed E-state index contributed by atoms with van der Waals surface area (Å²) < 4.78 is 8.30. The number of rotatable bonds is 6. The maximum Gasteiger partial charge on any atom is 0.307 e. The quantitative estimate of drug-likeness (QED) is 0.278. The first-order chi connectivity index (χ1) is 13.4. The summed E-state index contributed by atoms with van der Waals surface area (Å²) in [5, 5.41) is 4.87. The van der Waals surface area contributed by atoms with Crippen LogP contribution in [0, 0.1) is 0 Å². The van der Waals surface area contributed by atoms with Crippen molar-refractivity contribution in [1.29, 1.82) is 0 Å². The van der Waals surface area contributed by atoms with Crippen LogP contribution in [0.4, 0.5) is 5.69 Å². The Kier molecular flexibility index (Phi) is 6.95. The van der Waals surface area contributed by atoms with E-state index in [1.54, 1.807) is 12.3 Å². The van der Waals surface area contributed by atoms with Crippen LogP contribution >= 0.6 is 47.8 Å². The molecule has 2 aromatic carbocycles. The summed E-state index contributed by atoms with van der Waals surface area (Å²) >= 11 is 10.5. The van der Waals surface area contributed by atoms with E-state index in [-0.39, 0.29) is 5.76 Å². The van der Waals surface area contributed by atoms with Crippen LogP contribution in [0.1, 0.15) is 30.0 Å². The summed E-state index contributed by atoms with van der Waals surface area (Å²) in [6.45, 7) is 6.11. The van der Waals surface area contributed by atoms with E-state index in [2.05, 4.69) is 77.1 Å². The highest BCUT2D eigenvalue weighted by Gasteiger charge is 2.14. The third-order valence-corrected chi connectivity index (χ3v) is 5.90. The number of hydrazone groups is 1. The van der Waals surface area contributed by atoms with Gasteiger partial charge in [0.05, 0.1) is 16.4 Å². The zero-order valence-corrected chi connectivity index (χ0v) is 20.1. The topological polar surface area (TPSA) is 57.8 Å². The van der Waals surface area contributed by atoms with E-state index in [1.165, 1.54) is 0 Å². The molecule has 3 rings (SSSR count). The average molecular weight is 572 g/mol. The van der Waals surface area contributed by atoms with E-state index >= 15 is 0 Å². The average Bonchev–Trinajstić information content (AvgIpc) is 3.08. The second kappa shape index (κ2) is 9.24. The molecule has 146 valence electrons. The van der Waals surface area contributed by atoms with Crippen molar-refractivity contribution in [1.82, 2.24) is 5.43 Å². The van der Waals surface area contributed by atoms with Crippen molar-refractivity contribution in [3.8, 4) is 0 Å². The molecule has 0 aliphatic carbocycles. The molecule has 28 heavy (non-hydrogen) atoms. The molecule has 1 heterocycles. The van der Waals surface area contributed by atoms with E-state index in [0.717, 1.165) is 43.1 Å². The van der Waals surface area contributed by atoms with Crippen LogP contribution in [0.5, 0.6) is 0 Å². The number of nitrogens with one attached hydrogen (secondary N) is 1. The highest BCUT2D eigenvalue weighted by molar-refractivity contribution is 9.11. The Bertz CT molecular complexity index is 1040. The van der Waals surface area contributed by atoms with Gasteiger partial charge in [-0.25, -0.2) is 5.43 Å². The van der Waals surface area contributed by atoms with Gasteiger partial charge in [-0.1, -0.05) is 22.0 Å². The molecule has 8 heteroatoms. The molecule has 0 aliphatic rings. The Hall–Kier alpha value is -1.64. The number of halogens is 3. The Morgan fingerprint density at radius 2 is 1.86 bits per heavy atom. The largest absolute Gasteiger partial charge is 0.450 e. The molecular formula is C20H18Br3N3O2. The summed E-state index contributed by atoms with van der Waals surface area (Å²) in [7, 11) is 0. The smallest absolute Gasteiger partial charge is 0.307 e. The van der Waals surface area contributed by atoms with E-state index in [4.69, 9.17) is 4.42 Å². The maximum atomic E-state index is 12.3. The normalized spacial score (nSPS) is 11.3. The lowest BCUT2D eigenvalue weighted by atomic mass is 10.2. The van der Waals surface area contributed by atoms with Crippen molar-refractivity contribution in [3.05, 3.63) is 61.1 Å². The van der Waals surface area contributed by atoms with Gasteiger partial charge < -0.3 is 9.32 Å². The van der Waals surface area contributed by atoms with Crippen LogP contribution < -0.4 is 10.3 Å². The van der Waals surface area contributed by atoms with E-state index in [1.807, 2.05) is 30.3 Å². The van der Waals surface area contributed by atoms with Crippen molar-refractivity contribution < 1.29 is 9.21 Å². The fraction of sp³-hybridized carbons (Fsp3) is 0.200. The lowest BCUT2D eigenvalue weighted by molar-refractivity contribution is 0.0929. The number of anilines is 1. The SMILES string of the molecule is CCN(CC)c1ccc(/C=N\NC(=O)c2cc3cc(Br)cc(Br)c3o2)cc1Br. The van der Waals surface area contributed by atoms with Gasteiger partial charge in [-0.2, -0.15) is 5.10 Å². The molecule has 0 bridgehead atoms. The Morgan fingerprint density at radius 3 is 2.54 bits per heavy atom. The van der Waals surface area contributed by atoms with Crippen molar-refractivity contribution in [2.45, 2.75) is 13.8 Å². The molecule has 0 saturated heterocycles. The maximum absolute atomic E-state index is 12.3. The van der Waals surface area contributed by atoms with E-state index in [0.29, 0.717) is 5.58 Å². The number of hydrogen-bond donors (Lipinski definition) is 1. The zero-order valence-electron chi connectivity index (χ0n) is 15.3. The molecule has 5 nitrogen and oxygen atoms in total. The van der Waals surface area contributed by atoms with Gasteiger partial charge >= 0.3 is 5.91 Å². The number of benzene rings is 2. The summed E-state index contributed by atoms with van der Waals surface area (Å²) in [4.78, 5) is 14.6. The predicted octanol–water partition coefficient (Wildman–Crippen LogP) is 6.33. The molecule has 0 spiro atoms. The molecule has 0 fully saturated rings. The first kappa shape index (κ1) is 21.1. The molecule has 1 N–H and O–H groups in total. The fourth-order valence-corrected chi connectivity index (χ4v) is 4.82. The second-order valence-electron chi connectivity index (χ2n) is 6.00. The van der Waals surface area contributed by atoms with Gasteiger partial charge in [-0.3, -0.25) is 4.79 Å². The van der Waals surface area contributed by atoms with Gasteiger partial charge in [0.2, 0.25) is 0 Å². The van der Waals surface area contributed by atoms with Crippen LogP contribution in [0.15, 0.2) is 59.3 Å². The molecule has 0 atom stereocenters. The third-order valence-electron chi connectivity index (χ3n) is 4.22. The molecule has 3 aromatic rings. The second-order valence-corrected chi connectivity index (χ2v) is 8.62. The highest BCUT2D eigenvalue weighted by Crippen LogP contribution is 2.31. The van der Waals surface area contributed by atoms with Crippen LogP contribution in [-0.2, 0) is 0 Å².